The third-order valence-corrected chi connectivity index (χ3v) is 13.4. The van der Waals surface area contributed by atoms with Crippen LogP contribution in [0.4, 0.5) is 60.5 Å². The van der Waals surface area contributed by atoms with Crippen LogP contribution in [0.3, 0.4) is 0 Å². The lowest BCUT2D eigenvalue weighted by atomic mass is 9.87. The molecule has 0 radical (unpaired) electrons. The van der Waals surface area contributed by atoms with Gasteiger partial charge in [0.05, 0.1) is 11.1 Å². The summed E-state index contributed by atoms with van der Waals surface area (Å²) >= 11 is 0. The van der Waals surface area contributed by atoms with Gasteiger partial charge in [-0.1, -0.05) is 77.9 Å². The minimum Gasteiger partial charge on any atom is -0.456 e. The number of rotatable bonds is 6. The Kier molecular flexibility index (Phi) is 10.2. The van der Waals surface area contributed by atoms with Gasteiger partial charge in [0, 0.05) is 55.7 Å². The Morgan fingerprint density at radius 2 is 0.557 bits per heavy atom. The number of furan rings is 2. The third-order valence-electron chi connectivity index (χ3n) is 13.4. The molecule has 0 fully saturated rings. The quantitative estimate of drug-likeness (QED) is 0.156. The molecular weight excluding hydrogens is 895 g/mol. The van der Waals surface area contributed by atoms with Crippen molar-refractivity contribution in [3.05, 3.63) is 192 Å². The molecule has 0 atom stereocenters. The molecule has 2 heterocycles. The first-order valence-electron chi connectivity index (χ1n) is 23.0. The molecule has 0 N–H and O–H groups in total. The molecule has 4 nitrogen and oxygen atoms in total. The lowest BCUT2D eigenvalue weighted by molar-refractivity contribution is -0.138. The van der Waals surface area contributed by atoms with Gasteiger partial charge in [0.2, 0.25) is 0 Å². The molecule has 0 spiro atoms. The lowest BCUT2D eigenvalue weighted by Gasteiger charge is -2.27. The number of nitrogens with zero attached hydrogens (tertiary/aromatic N) is 2. The van der Waals surface area contributed by atoms with E-state index in [1.165, 1.54) is 24.3 Å². The van der Waals surface area contributed by atoms with Crippen molar-refractivity contribution >= 4 is 99.5 Å². The van der Waals surface area contributed by atoms with Crippen LogP contribution in [-0.4, -0.2) is 0 Å². The molecule has 0 aliphatic heterocycles. The molecular formula is C60H46F6N2O2. The van der Waals surface area contributed by atoms with Crippen LogP contribution < -0.4 is 9.80 Å². The largest absolute Gasteiger partial charge is 0.456 e. The topological polar surface area (TPSA) is 32.8 Å². The zero-order valence-electron chi connectivity index (χ0n) is 39.1. The first kappa shape index (κ1) is 44.8. The van der Waals surface area contributed by atoms with Crippen molar-refractivity contribution in [2.45, 2.75) is 64.7 Å². The lowest BCUT2D eigenvalue weighted by Crippen LogP contribution is -2.13. The second kappa shape index (κ2) is 15.9. The van der Waals surface area contributed by atoms with Gasteiger partial charge in [-0.3, -0.25) is 0 Å². The van der Waals surface area contributed by atoms with E-state index >= 15 is 0 Å². The van der Waals surface area contributed by atoms with Crippen LogP contribution in [0.25, 0.3) is 65.4 Å². The zero-order valence-corrected chi connectivity index (χ0v) is 39.1. The van der Waals surface area contributed by atoms with Gasteiger partial charge in [-0.25, -0.2) is 0 Å². The van der Waals surface area contributed by atoms with E-state index in [9.17, 15) is 26.3 Å². The fourth-order valence-electron chi connectivity index (χ4n) is 9.50. The monoisotopic (exact) mass is 940 g/mol. The maximum atomic E-state index is 13.6. The van der Waals surface area contributed by atoms with Gasteiger partial charge in [-0.2, -0.15) is 26.3 Å². The highest BCUT2D eigenvalue weighted by molar-refractivity contribution is 6.18. The Hall–Kier alpha value is -7.72. The molecule has 0 saturated carbocycles. The summed E-state index contributed by atoms with van der Waals surface area (Å²) in [6, 6.07) is 50.9. The van der Waals surface area contributed by atoms with Crippen molar-refractivity contribution in [1.82, 2.24) is 0 Å². The smallest absolute Gasteiger partial charge is 0.416 e. The average Bonchev–Trinajstić information content (AvgIpc) is 3.84. The van der Waals surface area contributed by atoms with Gasteiger partial charge in [0.1, 0.15) is 22.3 Å². The highest BCUT2D eigenvalue weighted by atomic mass is 19.4. The van der Waals surface area contributed by atoms with Crippen LogP contribution in [0.2, 0.25) is 0 Å². The number of anilines is 6. The minimum absolute atomic E-state index is 0.0813. The summed E-state index contributed by atoms with van der Waals surface area (Å²) in [5.41, 5.74) is 7.75. The molecule has 0 saturated heterocycles. The van der Waals surface area contributed by atoms with Crippen LogP contribution in [-0.2, 0) is 23.2 Å². The Bertz CT molecular complexity index is 3430. The summed E-state index contributed by atoms with van der Waals surface area (Å²) in [5, 5.41) is 7.28. The molecule has 0 unspecified atom stereocenters. The van der Waals surface area contributed by atoms with Gasteiger partial charge >= 0.3 is 12.4 Å². The number of fused-ring (bicyclic) bond motifs is 8. The van der Waals surface area contributed by atoms with Crippen LogP contribution >= 0.6 is 0 Å². The maximum Gasteiger partial charge on any atom is 0.416 e. The molecule has 9 aromatic carbocycles. The van der Waals surface area contributed by atoms with E-state index < -0.39 is 23.5 Å². The van der Waals surface area contributed by atoms with Crippen molar-refractivity contribution in [3.63, 3.8) is 0 Å². The summed E-state index contributed by atoms with van der Waals surface area (Å²) in [4.78, 5) is 3.92. The number of benzene rings is 9. The molecule has 350 valence electrons. The van der Waals surface area contributed by atoms with Crippen LogP contribution in [0.15, 0.2) is 179 Å². The van der Waals surface area contributed by atoms with Crippen molar-refractivity contribution in [3.8, 4) is 0 Å². The van der Waals surface area contributed by atoms with Crippen molar-refractivity contribution in [1.29, 1.82) is 0 Å². The van der Waals surface area contributed by atoms with Gasteiger partial charge in [0.15, 0.2) is 0 Å². The summed E-state index contributed by atoms with van der Waals surface area (Å²) in [7, 11) is 0. The SMILES string of the molecule is CC(C)(C)c1ccc(N(c2ccc(C(F)(F)F)cc2)c2ccc3cc4c(cc3c2)oc2cc3c(cc24)oc2cc4cc(N(c5ccc(C(C)(C)C)cc5)c5ccc(C(F)(F)F)cc5)ccc4cc23)cc1. The van der Waals surface area contributed by atoms with E-state index in [1.807, 2.05) is 94.7 Å². The Morgan fingerprint density at radius 1 is 0.286 bits per heavy atom. The Balaban J connectivity index is 0.971. The van der Waals surface area contributed by atoms with Crippen molar-refractivity contribution in [2.75, 3.05) is 9.80 Å². The minimum atomic E-state index is -4.46. The average molecular weight is 941 g/mol. The van der Waals surface area contributed by atoms with Gasteiger partial charge in [0.25, 0.3) is 0 Å². The summed E-state index contributed by atoms with van der Waals surface area (Å²) in [5.74, 6) is 0. The molecule has 0 aliphatic rings. The van der Waals surface area contributed by atoms with E-state index in [4.69, 9.17) is 8.83 Å². The first-order chi connectivity index (χ1) is 33.2. The first-order valence-corrected chi connectivity index (χ1v) is 23.0. The molecule has 2 aromatic heterocycles. The summed E-state index contributed by atoms with van der Waals surface area (Å²) in [6.07, 6.45) is -8.91. The zero-order chi connectivity index (χ0) is 49.1. The van der Waals surface area contributed by atoms with Crippen molar-refractivity contribution in [2.24, 2.45) is 0 Å². The summed E-state index contributed by atoms with van der Waals surface area (Å²) in [6.45, 7) is 12.8. The predicted molar refractivity (Wildman–Crippen MR) is 273 cm³/mol. The van der Waals surface area contributed by atoms with Gasteiger partial charge < -0.3 is 18.6 Å². The molecule has 0 aliphatic carbocycles. The predicted octanol–water partition coefficient (Wildman–Crippen LogP) is 19.4. The Morgan fingerprint density at radius 3 is 0.857 bits per heavy atom. The molecule has 0 bridgehead atoms. The van der Waals surface area contributed by atoms with E-state index in [1.54, 1.807) is 0 Å². The van der Waals surface area contributed by atoms with E-state index in [-0.39, 0.29) is 10.8 Å². The fraction of sp³-hybridized carbons (Fsp3) is 0.167. The fourth-order valence-corrected chi connectivity index (χ4v) is 9.50. The highest BCUT2D eigenvalue weighted by Crippen LogP contribution is 2.44. The normalized spacial score (nSPS) is 12.9. The number of hydrogen-bond donors (Lipinski definition) is 0. The molecule has 11 rings (SSSR count). The van der Waals surface area contributed by atoms with Crippen LogP contribution in [0, 0.1) is 0 Å². The molecule has 10 heteroatoms. The highest BCUT2D eigenvalue weighted by Gasteiger charge is 2.32. The summed E-state index contributed by atoms with van der Waals surface area (Å²) < 4.78 is 94.9. The van der Waals surface area contributed by atoms with Crippen LogP contribution in [0.1, 0.15) is 63.8 Å². The maximum absolute atomic E-state index is 13.6. The van der Waals surface area contributed by atoms with Gasteiger partial charge in [-0.15, -0.1) is 0 Å². The van der Waals surface area contributed by atoms with Crippen molar-refractivity contribution < 1.29 is 35.2 Å². The standard InChI is InChI=1S/C60H46F6N2O2/c1-57(2,3)39-9-19-43(20-10-39)67(45-23-13-41(14-24-45)59(61,62)63)47-17-7-35-29-49-51-33-56-52(34-55(51)69-53(49)31-37(35)27-47)50-30-36-8-18-48(28-38(36)32-54(50)70-56)68(44-21-11-40(12-22-44)58(4,5)6)46-25-15-42(16-26-46)60(64,65)66/h7-34H,1-6H3. The van der Waals surface area contributed by atoms with E-state index in [0.717, 1.165) is 101 Å². The molecule has 70 heavy (non-hydrogen) atoms. The third kappa shape index (κ3) is 8.04. The number of hydrogen-bond acceptors (Lipinski definition) is 4. The molecule has 11 aromatic rings. The number of alkyl halides is 6. The second-order valence-corrected chi connectivity index (χ2v) is 20.2. The Labute approximate surface area is 400 Å². The second-order valence-electron chi connectivity index (χ2n) is 20.2. The van der Waals surface area contributed by atoms with E-state index in [2.05, 4.69) is 77.9 Å². The van der Waals surface area contributed by atoms with Gasteiger partial charge in [-0.05, 0) is 177 Å². The number of halogens is 6. The van der Waals surface area contributed by atoms with Crippen LogP contribution in [0.5, 0.6) is 0 Å². The molecule has 0 amide bonds. The van der Waals surface area contributed by atoms with E-state index in [0.29, 0.717) is 33.7 Å².